The van der Waals surface area contributed by atoms with E-state index in [1.165, 1.54) is 4.31 Å². The fourth-order valence-electron chi connectivity index (χ4n) is 4.09. The van der Waals surface area contributed by atoms with E-state index in [0.717, 1.165) is 34.3 Å². The lowest BCUT2D eigenvalue weighted by Crippen LogP contribution is -2.29. The monoisotopic (exact) mass is 577 g/mol. The quantitative estimate of drug-likeness (QED) is 0.191. The molecule has 0 unspecified atom stereocenters. The number of para-hydroxylation sites is 1. The van der Waals surface area contributed by atoms with Crippen molar-refractivity contribution in [2.24, 2.45) is 0 Å². The molecular weight excluding hydrogens is 546 g/mol. The topological polar surface area (TPSA) is 72.9 Å². The van der Waals surface area contributed by atoms with Gasteiger partial charge in [0.15, 0.2) is 0 Å². The molecule has 0 aromatic heterocycles. The van der Waals surface area contributed by atoms with Gasteiger partial charge in [-0.05, 0) is 73.9 Å². The Balaban J connectivity index is 1.49. The molecule has 4 aromatic rings. The van der Waals surface area contributed by atoms with Gasteiger partial charge in [-0.15, -0.1) is 0 Å². The molecule has 0 aliphatic carbocycles. The van der Waals surface area contributed by atoms with Crippen LogP contribution in [0.2, 0.25) is 5.02 Å². The first-order chi connectivity index (χ1) is 18.9. The summed E-state index contributed by atoms with van der Waals surface area (Å²) in [5.74, 6) is 1.13. The second-order valence-electron chi connectivity index (χ2n) is 10.5. The normalized spacial score (nSPS) is 11.6. The average molecular weight is 578 g/mol. The lowest BCUT2D eigenvalue weighted by molar-refractivity contribution is -0.153. The lowest BCUT2D eigenvalue weighted by atomic mass is 10.0. The van der Waals surface area contributed by atoms with Gasteiger partial charge < -0.3 is 9.47 Å². The van der Waals surface area contributed by atoms with Crippen LogP contribution in [0.4, 0.5) is 5.69 Å². The van der Waals surface area contributed by atoms with Crippen LogP contribution in [0.25, 0.3) is 11.1 Å². The Labute approximate surface area is 241 Å². The Bertz CT molecular complexity index is 1560. The third-order valence-electron chi connectivity index (χ3n) is 5.90. The van der Waals surface area contributed by atoms with Crippen LogP contribution in [0.1, 0.15) is 31.9 Å². The summed E-state index contributed by atoms with van der Waals surface area (Å²) in [5.41, 5.74) is 3.12. The molecule has 0 radical (unpaired) electrons. The smallest absolute Gasteiger partial charge is 0.310 e. The molecule has 0 atom stereocenters. The molecule has 0 aliphatic heterocycles. The van der Waals surface area contributed by atoms with Gasteiger partial charge in [0, 0.05) is 5.56 Å². The highest BCUT2D eigenvalue weighted by molar-refractivity contribution is 7.92. The summed E-state index contributed by atoms with van der Waals surface area (Å²) in [7, 11) is -3.61. The van der Waals surface area contributed by atoms with Gasteiger partial charge in [-0.1, -0.05) is 72.3 Å². The van der Waals surface area contributed by atoms with Gasteiger partial charge >= 0.3 is 5.97 Å². The van der Waals surface area contributed by atoms with Crippen LogP contribution in [0.5, 0.6) is 11.5 Å². The summed E-state index contributed by atoms with van der Waals surface area (Å²) < 4.78 is 38.0. The van der Waals surface area contributed by atoms with Crippen molar-refractivity contribution in [1.29, 1.82) is 0 Å². The number of carbonyl (C=O) groups excluding carboxylic acids is 1. The van der Waals surface area contributed by atoms with Gasteiger partial charge in [0.05, 0.1) is 29.9 Å². The third-order valence-corrected chi connectivity index (χ3v) is 7.36. The fraction of sp³-hybridized carbons (Fsp3) is 0.219. The highest BCUT2D eigenvalue weighted by Gasteiger charge is 2.20. The standard InChI is InChI=1S/C32H32ClNO5S/c1-32(2,3)39-31(35)20-23-10-12-24(13-11-23)22-34(40(4,36)37)26-16-19-29(30(33)21-26)25-14-17-28(18-15-25)38-27-8-6-5-7-9-27/h5-19,21H,20,22H2,1-4H3. The first kappa shape index (κ1) is 29.2. The van der Waals surface area contributed by atoms with E-state index in [4.69, 9.17) is 21.1 Å². The van der Waals surface area contributed by atoms with Crippen molar-refractivity contribution < 1.29 is 22.7 Å². The Morgan fingerprint density at radius 3 is 2.00 bits per heavy atom. The van der Waals surface area contributed by atoms with E-state index in [9.17, 15) is 13.2 Å². The number of hydrogen-bond donors (Lipinski definition) is 0. The molecular formula is C32H32ClNO5S. The second kappa shape index (κ2) is 12.1. The maximum atomic E-state index is 12.7. The van der Waals surface area contributed by atoms with Crippen molar-refractivity contribution in [3.63, 3.8) is 0 Å². The number of esters is 1. The number of ether oxygens (including phenoxy) is 2. The van der Waals surface area contributed by atoms with E-state index in [-0.39, 0.29) is 18.9 Å². The second-order valence-corrected chi connectivity index (χ2v) is 12.8. The number of benzene rings is 4. The number of nitrogens with zero attached hydrogens (tertiary/aromatic N) is 1. The van der Waals surface area contributed by atoms with Gasteiger partial charge in [0.25, 0.3) is 0 Å². The third kappa shape index (κ3) is 8.10. The van der Waals surface area contributed by atoms with Gasteiger partial charge in [0.2, 0.25) is 10.0 Å². The summed E-state index contributed by atoms with van der Waals surface area (Å²) in [5, 5.41) is 0.426. The first-order valence-electron chi connectivity index (χ1n) is 12.8. The molecule has 0 N–H and O–H groups in total. The molecule has 4 rings (SSSR count). The Kier molecular flexibility index (Phi) is 8.86. The molecule has 0 bridgehead atoms. The molecule has 0 aliphatic rings. The van der Waals surface area contributed by atoms with Gasteiger partial charge in [-0.3, -0.25) is 9.10 Å². The molecule has 0 fully saturated rings. The van der Waals surface area contributed by atoms with E-state index in [1.807, 2.05) is 93.6 Å². The van der Waals surface area contributed by atoms with Crippen LogP contribution in [-0.4, -0.2) is 26.2 Å². The van der Waals surface area contributed by atoms with Crippen LogP contribution in [0, 0.1) is 0 Å². The average Bonchev–Trinajstić information content (AvgIpc) is 2.87. The maximum absolute atomic E-state index is 12.7. The zero-order chi connectivity index (χ0) is 28.9. The molecule has 4 aromatic carbocycles. The van der Waals surface area contributed by atoms with E-state index in [2.05, 4.69) is 0 Å². The number of anilines is 1. The number of rotatable bonds is 9. The summed E-state index contributed by atoms with van der Waals surface area (Å²) in [6.45, 7) is 5.59. The lowest BCUT2D eigenvalue weighted by Gasteiger charge is -2.23. The van der Waals surface area contributed by atoms with Crippen molar-refractivity contribution in [3.05, 3.63) is 113 Å². The van der Waals surface area contributed by atoms with Crippen LogP contribution < -0.4 is 9.04 Å². The fourth-order valence-corrected chi connectivity index (χ4v) is 5.26. The zero-order valence-electron chi connectivity index (χ0n) is 22.9. The maximum Gasteiger partial charge on any atom is 0.310 e. The Hall–Kier alpha value is -3.81. The van der Waals surface area contributed by atoms with Crippen LogP contribution in [-0.2, 0) is 32.5 Å². The van der Waals surface area contributed by atoms with Gasteiger partial charge in [-0.2, -0.15) is 0 Å². The van der Waals surface area contributed by atoms with Crippen molar-refractivity contribution >= 4 is 33.3 Å². The summed E-state index contributed by atoms with van der Waals surface area (Å²) in [6, 6.07) is 29.5. The first-order valence-corrected chi connectivity index (χ1v) is 15.0. The molecule has 0 heterocycles. The number of halogens is 1. The molecule has 40 heavy (non-hydrogen) atoms. The minimum absolute atomic E-state index is 0.118. The number of carbonyl (C=O) groups is 1. The molecule has 6 nitrogen and oxygen atoms in total. The van der Waals surface area contributed by atoms with Crippen molar-refractivity contribution in [2.75, 3.05) is 10.6 Å². The molecule has 0 spiro atoms. The summed E-state index contributed by atoms with van der Waals surface area (Å²) in [6.07, 6.45) is 1.31. The van der Waals surface area contributed by atoms with E-state index in [0.29, 0.717) is 16.5 Å². The van der Waals surface area contributed by atoms with Gasteiger partial charge in [-0.25, -0.2) is 8.42 Å². The summed E-state index contributed by atoms with van der Waals surface area (Å²) in [4.78, 5) is 12.1. The predicted octanol–water partition coefficient (Wildman–Crippen LogP) is 7.65. The largest absolute Gasteiger partial charge is 0.460 e. The molecule has 0 saturated heterocycles. The van der Waals surface area contributed by atoms with Gasteiger partial charge in [0.1, 0.15) is 17.1 Å². The minimum atomic E-state index is -3.61. The van der Waals surface area contributed by atoms with Crippen LogP contribution in [0.15, 0.2) is 97.1 Å². The highest BCUT2D eigenvalue weighted by atomic mass is 35.5. The Morgan fingerprint density at radius 2 is 1.43 bits per heavy atom. The van der Waals surface area contributed by atoms with Crippen LogP contribution in [0.3, 0.4) is 0 Å². The van der Waals surface area contributed by atoms with Crippen LogP contribution >= 0.6 is 11.6 Å². The van der Waals surface area contributed by atoms with E-state index >= 15 is 0 Å². The molecule has 8 heteroatoms. The van der Waals surface area contributed by atoms with E-state index < -0.39 is 15.6 Å². The van der Waals surface area contributed by atoms with E-state index in [1.54, 1.807) is 24.3 Å². The molecule has 0 amide bonds. The number of hydrogen-bond acceptors (Lipinski definition) is 5. The SMILES string of the molecule is CC(C)(C)OC(=O)Cc1ccc(CN(c2ccc(-c3ccc(Oc4ccccc4)cc3)c(Cl)c2)S(C)(=O)=O)cc1. The van der Waals surface area contributed by atoms with Crippen molar-refractivity contribution in [2.45, 2.75) is 39.3 Å². The highest BCUT2D eigenvalue weighted by Crippen LogP contribution is 2.34. The molecule has 208 valence electrons. The minimum Gasteiger partial charge on any atom is -0.460 e. The zero-order valence-corrected chi connectivity index (χ0v) is 24.5. The van der Waals surface area contributed by atoms with Crippen molar-refractivity contribution in [1.82, 2.24) is 0 Å². The number of sulfonamides is 1. The molecule has 0 saturated carbocycles. The predicted molar refractivity (Wildman–Crippen MR) is 160 cm³/mol. The summed E-state index contributed by atoms with van der Waals surface area (Å²) >= 11 is 6.65. The Morgan fingerprint density at radius 1 is 0.825 bits per heavy atom. The van der Waals surface area contributed by atoms with Crippen molar-refractivity contribution in [3.8, 4) is 22.6 Å².